The van der Waals surface area contributed by atoms with Gasteiger partial charge in [-0.1, -0.05) is 0 Å². The van der Waals surface area contributed by atoms with Gasteiger partial charge in [0, 0.05) is 19.6 Å². The number of hydrogen-bond acceptors (Lipinski definition) is 4. The Morgan fingerprint density at radius 1 is 1.42 bits per heavy atom. The molecule has 5 heteroatoms. The average Bonchev–Trinajstić information content (AvgIpc) is 2.05. The molecule has 70 valence electrons. The van der Waals surface area contributed by atoms with Crippen LogP contribution in [0.25, 0.3) is 0 Å². The maximum atomic E-state index is 10.1. The van der Waals surface area contributed by atoms with E-state index in [9.17, 15) is 4.91 Å². The Kier molecular flexibility index (Phi) is 3.43. The number of hydrogen-bond donors (Lipinski definition) is 1. The van der Waals surface area contributed by atoms with Crippen LogP contribution in [0, 0.1) is 4.91 Å². The van der Waals surface area contributed by atoms with E-state index in [1.807, 2.05) is 0 Å². The smallest absolute Gasteiger partial charge is 0.0639 e. The van der Waals surface area contributed by atoms with Crippen LogP contribution in [0.2, 0.25) is 0 Å². The van der Waals surface area contributed by atoms with Crippen LogP contribution < -0.4 is 0 Å². The van der Waals surface area contributed by atoms with Crippen molar-refractivity contribution in [1.29, 1.82) is 0 Å². The van der Waals surface area contributed by atoms with Gasteiger partial charge in [0.2, 0.25) is 0 Å². The Morgan fingerprint density at radius 2 is 2.00 bits per heavy atom. The summed E-state index contributed by atoms with van der Waals surface area (Å²) in [5.41, 5.74) is 0. The lowest BCUT2D eigenvalue weighted by Gasteiger charge is -2.31. The molecule has 1 fully saturated rings. The van der Waals surface area contributed by atoms with Crippen molar-refractivity contribution in [1.82, 2.24) is 9.91 Å². The van der Waals surface area contributed by atoms with Gasteiger partial charge in [-0.2, -0.15) is 0 Å². The van der Waals surface area contributed by atoms with Crippen LogP contribution in [0.5, 0.6) is 0 Å². The van der Waals surface area contributed by atoms with E-state index in [-0.39, 0.29) is 6.10 Å². The maximum absolute atomic E-state index is 10.1. The molecule has 0 aromatic rings. The predicted molar refractivity (Wildman–Crippen MR) is 45.5 cm³/mol. The zero-order chi connectivity index (χ0) is 8.97. The molecule has 1 aliphatic rings. The van der Waals surface area contributed by atoms with Crippen molar-refractivity contribution < 1.29 is 5.11 Å². The maximum Gasteiger partial charge on any atom is 0.0639 e. The summed E-state index contributed by atoms with van der Waals surface area (Å²) in [5.74, 6) is 0. The minimum Gasteiger partial charge on any atom is -0.392 e. The zero-order valence-electron chi connectivity index (χ0n) is 7.31. The molecule has 1 atom stereocenters. The molecule has 1 rings (SSSR count). The Bertz CT molecular complexity index is 144. The standard InChI is InChI=1S/C7H15N3O2/c1-7(11)6-9-2-4-10(8-12)5-3-9/h7,11H,2-6H2,1H3. The first kappa shape index (κ1) is 9.41. The summed E-state index contributed by atoms with van der Waals surface area (Å²) in [6, 6.07) is 0. The van der Waals surface area contributed by atoms with Gasteiger partial charge in [-0.15, -0.1) is 4.91 Å². The summed E-state index contributed by atoms with van der Waals surface area (Å²) >= 11 is 0. The summed E-state index contributed by atoms with van der Waals surface area (Å²) in [5, 5.41) is 13.5. The van der Waals surface area contributed by atoms with Crippen molar-refractivity contribution in [2.45, 2.75) is 13.0 Å². The van der Waals surface area contributed by atoms with Crippen LogP contribution in [-0.2, 0) is 0 Å². The van der Waals surface area contributed by atoms with Crippen molar-refractivity contribution in [2.75, 3.05) is 32.7 Å². The minimum atomic E-state index is -0.291. The molecule has 12 heavy (non-hydrogen) atoms. The third-order valence-electron chi connectivity index (χ3n) is 1.99. The Labute approximate surface area is 71.9 Å². The normalized spacial score (nSPS) is 22.3. The Morgan fingerprint density at radius 3 is 2.42 bits per heavy atom. The van der Waals surface area contributed by atoms with Gasteiger partial charge in [0.05, 0.1) is 24.5 Å². The monoisotopic (exact) mass is 173 g/mol. The molecule has 0 amide bonds. The summed E-state index contributed by atoms with van der Waals surface area (Å²) in [6.07, 6.45) is -0.291. The topological polar surface area (TPSA) is 56.1 Å². The van der Waals surface area contributed by atoms with E-state index in [1.54, 1.807) is 6.92 Å². The van der Waals surface area contributed by atoms with Gasteiger partial charge in [0.25, 0.3) is 0 Å². The molecule has 1 saturated heterocycles. The van der Waals surface area contributed by atoms with Gasteiger partial charge in [0.1, 0.15) is 0 Å². The highest BCUT2D eigenvalue weighted by atomic mass is 16.3. The van der Waals surface area contributed by atoms with Crippen molar-refractivity contribution in [3.63, 3.8) is 0 Å². The number of aliphatic hydroxyl groups excluding tert-OH is 1. The lowest BCUT2D eigenvalue weighted by molar-refractivity contribution is 0.0814. The second-order valence-corrected chi connectivity index (χ2v) is 3.18. The molecule has 0 aromatic heterocycles. The molecule has 0 radical (unpaired) electrons. The van der Waals surface area contributed by atoms with E-state index >= 15 is 0 Å². The first-order chi connectivity index (χ1) is 5.72. The average molecular weight is 173 g/mol. The molecule has 0 aromatic carbocycles. The Hall–Kier alpha value is -0.680. The van der Waals surface area contributed by atoms with Crippen molar-refractivity contribution in [3.05, 3.63) is 4.91 Å². The summed E-state index contributed by atoms with van der Waals surface area (Å²) in [6.45, 7) is 5.44. The van der Waals surface area contributed by atoms with Gasteiger partial charge in [0.15, 0.2) is 0 Å². The van der Waals surface area contributed by atoms with Gasteiger partial charge in [-0.3, -0.25) is 9.91 Å². The van der Waals surface area contributed by atoms with E-state index < -0.39 is 0 Å². The summed E-state index contributed by atoms with van der Waals surface area (Å²) < 4.78 is 0. The molecule has 0 saturated carbocycles. The molecule has 1 unspecified atom stereocenters. The second-order valence-electron chi connectivity index (χ2n) is 3.18. The lowest BCUT2D eigenvalue weighted by atomic mass is 10.3. The lowest BCUT2D eigenvalue weighted by Crippen LogP contribution is -2.46. The predicted octanol–water partition coefficient (Wildman–Crippen LogP) is -0.334. The van der Waals surface area contributed by atoms with E-state index in [0.29, 0.717) is 19.6 Å². The highest BCUT2D eigenvalue weighted by Crippen LogP contribution is 2.01. The number of piperazine rings is 1. The molecule has 1 aliphatic heterocycles. The highest BCUT2D eigenvalue weighted by Gasteiger charge is 2.16. The Balaban J connectivity index is 2.21. The number of rotatable bonds is 3. The number of β-amino-alcohol motifs (C(OH)–C–C–N with tert-alkyl or cyclic N) is 1. The van der Waals surface area contributed by atoms with Crippen LogP contribution in [0.15, 0.2) is 5.29 Å². The van der Waals surface area contributed by atoms with Crippen molar-refractivity contribution in [2.24, 2.45) is 5.29 Å². The molecular formula is C7H15N3O2. The van der Waals surface area contributed by atoms with E-state index in [0.717, 1.165) is 13.1 Å². The van der Waals surface area contributed by atoms with Crippen LogP contribution >= 0.6 is 0 Å². The quantitative estimate of drug-likeness (QED) is 0.593. The first-order valence-corrected chi connectivity index (χ1v) is 4.21. The fraction of sp³-hybridized carbons (Fsp3) is 1.00. The van der Waals surface area contributed by atoms with E-state index in [1.165, 1.54) is 5.01 Å². The fourth-order valence-corrected chi connectivity index (χ4v) is 1.38. The molecule has 0 spiro atoms. The molecule has 1 heterocycles. The highest BCUT2D eigenvalue weighted by molar-refractivity contribution is 4.70. The zero-order valence-corrected chi connectivity index (χ0v) is 7.31. The van der Waals surface area contributed by atoms with Gasteiger partial charge >= 0.3 is 0 Å². The fourth-order valence-electron chi connectivity index (χ4n) is 1.38. The third kappa shape index (κ3) is 2.75. The van der Waals surface area contributed by atoms with Crippen LogP contribution in [0.3, 0.4) is 0 Å². The first-order valence-electron chi connectivity index (χ1n) is 4.21. The van der Waals surface area contributed by atoms with Crippen molar-refractivity contribution >= 4 is 0 Å². The third-order valence-corrected chi connectivity index (χ3v) is 1.99. The molecule has 0 aliphatic carbocycles. The van der Waals surface area contributed by atoms with Crippen LogP contribution in [-0.4, -0.2) is 53.8 Å². The second kappa shape index (κ2) is 4.37. The number of nitroso groups, excluding NO2 is 1. The van der Waals surface area contributed by atoms with E-state index in [4.69, 9.17) is 5.11 Å². The molecule has 0 bridgehead atoms. The SMILES string of the molecule is CC(O)CN1CCN(N=O)CC1. The molecule has 5 nitrogen and oxygen atoms in total. The molecule has 1 N–H and O–H groups in total. The van der Waals surface area contributed by atoms with E-state index in [2.05, 4.69) is 10.2 Å². The van der Waals surface area contributed by atoms with Crippen molar-refractivity contribution in [3.8, 4) is 0 Å². The van der Waals surface area contributed by atoms with Gasteiger partial charge < -0.3 is 5.11 Å². The summed E-state index contributed by atoms with van der Waals surface area (Å²) in [7, 11) is 0. The summed E-state index contributed by atoms with van der Waals surface area (Å²) in [4.78, 5) is 12.2. The number of nitrogens with zero attached hydrogens (tertiary/aromatic N) is 3. The molecular weight excluding hydrogens is 158 g/mol. The van der Waals surface area contributed by atoms with Crippen LogP contribution in [0.4, 0.5) is 0 Å². The minimum absolute atomic E-state index is 0.291. The van der Waals surface area contributed by atoms with Crippen LogP contribution in [0.1, 0.15) is 6.92 Å². The largest absolute Gasteiger partial charge is 0.392 e. The van der Waals surface area contributed by atoms with Gasteiger partial charge in [-0.25, -0.2) is 0 Å². The number of aliphatic hydroxyl groups is 1. The van der Waals surface area contributed by atoms with Gasteiger partial charge in [-0.05, 0) is 6.92 Å².